The minimum Gasteiger partial charge on any atom is -0.166 e. The topological polar surface area (TPSA) is 0 Å². The van der Waals surface area contributed by atoms with E-state index in [1.54, 1.807) is 12.1 Å². The fraction of sp³-hybridized carbons (Fsp3) is 0.200. The summed E-state index contributed by atoms with van der Waals surface area (Å²) in [5.41, 5.74) is 0.143. The van der Waals surface area contributed by atoms with Gasteiger partial charge in [-0.3, -0.25) is 0 Å². The van der Waals surface area contributed by atoms with Crippen LogP contribution in [-0.4, -0.2) is 0 Å². The van der Waals surface area contributed by atoms with E-state index in [1.165, 1.54) is 6.07 Å². The van der Waals surface area contributed by atoms with Gasteiger partial charge in [0.2, 0.25) is 0 Å². The Balaban J connectivity index is 2.38. The molecule has 5 heteroatoms. The first kappa shape index (κ1) is 15.7. The van der Waals surface area contributed by atoms with Crippen LogP contribution in [0.2, 0.25) is 0 Å². The van der Waals surface area contributed by atoms with Crippen LogP contribution < -0.4 is 0 Å². The highest BCUT2D eigenvalue weighted by molar-refractivity contribution is 14.1. The van der Waals surface area contributed by atoms with Gasteiger partial charge in [-0.1, -0.05) is 24.8 Å². The van der Waals surface area contributed by atoms with Crippen LogP contribution in [0.4, 0.5) is 13.2 Å². The lowest BCUT2D eigenvalue weighted by Crippen LogP contribution is -2.07. The molecule has 0 heterocycles. The van der Waals surface area contributed by atoms with Crippen molar-refractivity contribution in [1.29, 1.82) is 0 Å². The van der Waals surface area contributed by atoms with Crippen molar-refractivity contribution >= 4 is 34.4 Å². The lowest BCUT2D eigenvalue weighted by Gasteiger charge is -2.14. The fourth-order valence-corrected chi connectivity index (χ4v) is 3.04. The summed E-state index contributed by atoms with van der Waals surface area (Å²) < 4.78 is 40.4. The lowest BCUT2D eigenvalue weighted by atomic mass is 10.1. The highest BCUT2D eigenvalue weighted by Gasteiger charge is 2.33. The Hall–Kier alpha value is -0.690. The van der Waals surface area contributed by atoms with Gasteiger partial charge in [0.05, 0.1) is 5.56 Å². The van der Waals surface area contributed by atoms with Crippen LogP contribution in [0.3, 0.4) is 0 Å². The van der Waals surface area contributed by atoms with E-state index >= 15 is 0 Å². The number of hydrogen-bond donors (Lipinski definition) is 0. The number of halogens is 4. The minimum absolute atomic E-state index is 0.246. The highest BCUT2D eigenvalue weighted by atomic mass is 127. The zero-order chi connectivity index (χ0) is 14.8. The number of benzene rings is 2. The van der Waals surface area contributed by atoms with Crippen molar-refractivity contribution in [3.8, 4) is 0 Å². The first-order chi connectivity index (χ1) is 9.40. The summed E-state index contributed by atoms with van der Waals surface area (Å²) >= 11 is 3.31. The van der Waals surface area contributed by atoms with Crippen LogP contribution in [0.25, 0.3) is 0 Å². The van der Waals surface area contributed by atoms with Gasteiger partial charge in [-0.25, -0.2) is 0 Å². The summed E-state index contributed by atoms with van der Waals surface area (Å²) in [6.45, 7) is 1.85. The van der Waals surface area contributed by atoms with Crippen molar-refractivity contribution in [2.24, 2.45) is 0 Å². The van der Waals surface area contributed by atoms with E-state index in [0.29, 0.717) is 12.0 Å². The lowest BCUT2D eigenvalue weighted by molar-refractivity contribution is -0.139. The second kappa shape index (κ2) is 6.39. The molecule has 20 heavy (non-hydrogen) atoms. The number of aryl methyl sites for hydroxylation is 1. The van der Waals surface area contributed by atoms with E-state index in [2.05, 4.69) is 22.6 Å². The third kappa shape index (κ3) is 3.91. The van der Waals surface area contributed by atoms with Crippen molar-refractivity contribution in [1.82, 2.24) is 0 Å². The molecule has 2 aromatic rings. The molecule has 0 unspecified atom stereocenters. The predicted molar refractivity (Wildman–Crippen MR) is 84.1 cm³/mol. The zero-order valence-electron chi connectivity index (χ0n) is 10.7. The number of rotatable bonds is 3. The summed E-state index contributed by atoms with van der Waals surface area (Å²) in [7, 11) is 0. The van der Waals surface area contributed by atoms with Gasteiger partial charge in [-0.2, -0.15) is 13.2 Å². The summed E-state index contributed by atoms with van der Waals surface area (Å²) in [6, 6.07) is 12.0. The van der Waals surface area contributed by atoms with Crippen molar-refractivity contribution in [3.63, 3.8) is 0 Å². The third-order valence-electron chi connectivity index (χ3n) is 2.80. The molecule has 0 bridgehead atoms. The van der Waals surface area contributed by atoms with Gasteiger partial charge in [-0.15, -0.1) is 0 Å². The summed E-state index contributed by atoms with van der Waals surface area (Å²) in [4.78, 5) is 1.05. The highest BCUT2D eigenvalue weighted by Crippen LogP contribution is 2.40. The van der Waals surface area contributed by atoms with Crippen LogP contribution in [-0.2, 0) is 12.6 Å². The number of hydrogen-bond acceptors (Lipinski definition) is 1. The molecule has 2 aromatic carbocycles. The molecular formula is C15H12F3IS. The Morgan fingerprint density at radius 3 is 2.25 bits per heavy atom. The van der Waals surface area contributed by atoms with Crippen molar-refractivity contribution in [3.05, 3.63) is 57.2 Å². The maximum Gasteiger partial charge on any atom is 0.417 e. The van der Waals surface area contributed by atoms with E-state index in [9.17, 15) is 13.2 Å². The standard InChI is InChI=1S/C15H12F3IS/c1-2-10-3-8-14(13(9-10)15(16,17)18)20-12-6-4-11(19)5-7-12/h3-9H,2H2,1H3. The van der Waals surface area contributed by atoms with Gasteiger partial charge in [-0.05, 0) is 71.0 Å². The van der Waals surface area contributed by atoms with E-state index < -0.39 is 11.7 Å². The van der Waals surface area contributed by atoms with Crippen LogP contribution in [0.15, 0.2) is 52.3 Å². The Bertz CT molecular complexity index is 591. The summed E-state index contributed by atoms with van der Waals surface area (Å²) in [5.74, 6) is 0. The van der Waals surface area contributed by atoms with E-state index in [1.807, 2.05) is 31.2 Å². The van der Waals surface area contributed by atoms with Crippen LogP contribution in [0.5, 0.6) is 0 Å². The molecule has 0 fully saturated rings. The van der Waals surface area contributed by atoms with E-state index in [-0.39, 0.29) is 4.90 Å². The molecule has 0 aromatic heterocycles. The molecule has 0 nitrogen and oxygen atoms in total. The summed E-state index contributed by atoms with van der Waals surface area (Å²) in [6.07, 6.45) is -3.73. The molecule has 0 aliphatic rings. The normalized spacial score (nSPS) is 11.7. The molecule has 0 atom stereocenters. The molecule has 0 radical (unpaired) electrons. The largest absolute Gasteiger partial charge is 0.417 e. The smallest absolute Gasteiger partial charge is 0.166 e. The molecule has 0 spiro atoms. The van der Waals surface area contributed by atoms with Crippen LogP contribution in [0, 0.1) is 3.57 Å². The Morgan fingerprint density at radius 1 is 1.05 bits per heavy atom. The predicted octanol–water partition coefficient (Wildman–Crippen LogP) is 6.02. The van der Waals surface area contributed by atoms with E-state index in [0.717, 1.165) is 20.2 Å². The maximum absolute atomic E-state index is 13.1. The molecule has 0 N–H and O–H groups in total. The molecule has 106 valence electrons. The fourth-order valence-electron chi connectivity index (χ4n) is 1.74. The molecule has 0 amide bonds. The molecule has 0 saturated carbocycles. The Kier molecular flexibility index (Phi) is 5.01. The zero-order valence-corrected chi connectivity index (χ0v) is 13.6. The van der Waals surface area contributed by atoms with Gasteiger partial charge in [0, 0.05) is 13.4 Å². The molecule has 0 aliphatic heterocycles. The minimum atomic E-state index is -4.32. The maximum atomic E-state index is 13.1. The van der Waals surface area contributed by atoms with Gasteiger partial charge in [0.1, 0.15) is 0 Å². The van der Waals surface area contributed by atoms with Gasteiger partial charge < -0.3 is 0 Å². The van der Waals surface area contributed by atoms with E-state index in [4.69, 9.17) is 0 Å². The SMILES string of the molecule is CCc1ccc(Sc2ccc(I)cc2)c(C(F)(F)F)c1. The summed E-state index contributed by atoms with van der Waals surface area (Å²) in [5, 5.41) is 0. The number of alkyl halides is 3. The van der Waals surface area contributed by atoms with Crippen LogP contribution in [0.1, 0.15) is 18.1 Å². The van der Waals surface area contributed by atoms with Gasteiger partial charge in [0.25, 0.3) is 0 Å². The Labute approximate surface area is 133 Å². The second-order valence-electron chi connectivity index (χ2n) is 4.24. The average molecular weight is 408 g/mol. The molecule has 0 saturated heterocycles. The average Bonchev–Trinajstić information content (AvgIpc) is 2.40. The molecular weight excluding hydrogens is 396 g/mol. The first-order valence-electron chi connectivity index (χ1n) is 6.03. The Morgan fingerprint density at radius 2 is 1.70 bits per heavy atom. The van der Waals surface area contributed by atoms with Crippen molar-refractivity contribution in [2.75, 3.05) is 0 Å². The molecule has 2 rings (SSSR count). The quantitative estimate of drug-likeness (QED) is 0.560. The first-order valence-corrected chi connectivity index (χ1v) is 7.93. The van der Waals surface area contributed by atoms with Crippen molar-refractivity contribution < 1.29 is 13.2 Å². The third-order valence-corrected chi connectivity index (χ3v) is 4.60. The monoisotopic (exact) mass is 408 g/mol. The molecule has 0 aliphatic carbocycles. The second-order valence-corrected chi connectivity index (χ2v) is 6.60. The van der Waals surface area contributed by atoms with Gasteiger partial charge in [0.15, 0.2) is 0 Å². The van der Waals surface area contributed by atoms with Gasteiger partial charge >= 0.3 is 6.18 Å². The van der Waals surface area contributed by atoms with Crippen molar-refractivity contribution in [2.45, 2.75) is 29.3 Å². The van der Waals surface area contributed by atoms with Crippen LogP contribution >= 0.6 is 34.4 Å².